The van der Waals surface area contributed by atoms with Crippen molar-refractivity contribution in [3.05, 3.63) is 54.1 Å². The van der Waals surface area contributed by atoms with Crippen LogP contribution in [0.15, 0.2) is 56.7 Å². The van der Waals surface area contributed by atoms with Crippen LogP contribution in [0.3, 0.4) is 0 Å². The quantitative estimate of drug-likeness (QED) is 0.475. The molecule has 0 aliphatic carbocycles. The van der Waals surface area contributed by atoms with E-state index in [9.17, 15) is 0 Å². The SMILES string of the molecule is CC(C)c1ccc(-n2nnnc2SCc2nnc(-c3ccco3)o2)cc1. The first-order valence-electron chi connectivity index (χ1n) is 8.08. The van der Waals surface area contributed by atoms with Gasteiger partial charge in [0.05, 0.1) is 17.7 Å². The molecule has 3 heterocycles. The summed E-state index contributed by atoms with van der Waals surface area (Å²) in [4.78, 5) is 0. The molecule has 1 aromatic carbocycles. The number of nitrogens with zero attached hydrogens (tertiary/aromatic N) is 6. The lowest BCUT2D eigenvalue weighted by atomic mass is 10.0. The lowest BCUT2D eigenvalue weighted by Crippen LogP contribution is -2.00. The molecule has 0 saturated heterocycles. The van der Waals surface area contributed by atoms with Gasteiger partial charge in [0.15, 0.2) is 5.76 Å². The number of rotatable bonds is 6. The second-order valence-corrected chi connectivity index (χ2v) is 6.83. The summed E-state index contributed by atoms with van der Waals surface area (Å²) < 4.78 is 12.5. The monoisotopic (exact) mass is 368 g/mol. The number of tetrazole rings is 1. The number of hydrogen-bond acceptors (Lipinski definition) is 8. The van der Waals surface area contributed by atoms with Gasteiger partial charge in [0.1, 0.15) is 0 Å². The zero-order valence-electron chi connectivity index (χ0n) is 14.2. The van der Waals surface area contributed by atoms with Gasteiger partial charge in [0.25, 0.3) is 5.89 Å². The fourth-order valence-corrected chi connectivity index (χ4v) is 3.10. The summed E-state index contributed by atoms with van der Waals surface area (Å²) in [6, 6.07) is 11.7. The smallest absolute Gasteiger partial charge is 0.283 e. The van der Waals surface area contributed by atoms with Crippen LogP contribution in [0, 0.1) is 0 Å². The maximum atomic E-state index is 5.60. The van der Waals surface area contributed by atoms with Gasteiger partial charge in [0, 0.05) is 0 Å². The highest BCUT2D eigenvalue weighted by atomic mass is 32.2. The topological polar surface area (TPSA) is 95.7 Å². The van der Waals surface area contributed by atoms with Crippen molar-refractivity contribution in [2.24, 2.45) is 0 Å². The highest BCUT2D eigenvalue weighted by Gasteiger charge is 2.14. The summed E-state index contributed by atoms with van der Waals surface area (Å²) >= 11 is 1.42. The van der Waals surface area contributed by atoms with Crippen LogP contribution in [0.4, 0.5) is 0 Å². The molecule has 0 spiro atoms. The van der Waals surface area contributed by atoms with E-state index in [2.05, 4.69) is 51.7 Å². The molecule has 0 bridgehead atoms. The Labute approximate surface area is 153 Å². The predicted molar refractivity (Wildman–Crippen MR) is 94.8 cm³/mol. The molecule has 0 radical (unpaired) electrons. The third kappa shape index (κ3) is 3.38. The van der Waals surface area contributed by atoms with Gasteiger partial charge in [0.2, 0.25) is 11.0 Å². The first-order chi connectivity index (χ1) is 12.7. The van der Waals surface area contributed by atoms with Gasteiger partial charge in [-0.05, 0) is 46.2 Å². The molecule has 4 rings (SSSR count). The van der Waals surface area contributed by atoms with Crippen LogP contribution >= 0.6 is 11.8 Å². The Balaban J connectivity index is 1.47. The minimum Gasteiger partial charge on any atom is -0.459 e. The van der Waals surface area contributed by atoms with Gasteiger partial charge in [-0.1, -0.05) is 37.7 Å². The van der Waals surface area contributed by atoms with Crippen molar-refractivity contribution in [1.82, 2.24) is 30.4 Å². The molecular weight excluding hydrogens is 352 g/mol. The first kappa shape index (κ1) is 16.5. The van der Waals surface area contributed by atoms with Gasteiger partial charge in [-0.2, -0.15) is 4.68 Å². The normalized spacial score (nSPS) is 11.3. The maximum Gasteiger partial charge on any atom is 0.283 e. The average molecular weight is 368 g/mol. The molecule has 26 heavy (non-hydrogen) atoms. The number of benzene rings is 1. The van der Waals surface area contributed by atoms with E-state index in [0.29, 0.717) is 34.4 Å². The number of hydrogen-bond donors (Lipinski definition) is 0. The average Bonchev–Trinajstić information content (AvgIpc) is 3.40. The van der Waals surface area contributed by atoms with E-state index in [-0.39, 0.29) is 0 Å². The van der Waals surface area contributed by atoms with Crippen LogP contribution in [0.2, 0.25) is 0 Å². The lowest BCUT2D eigenvalue weighted by Gasteiger charge is -2.07. The molecule has 0 aliphatic rings. The van der Waals surface area contributed by atoms with Crippen LogP contribution in [0.25, 0.3) is 17.3 Å². The fraction of sp³-hybridized carbons (Fsp3) is 0.235. The largest absolute Gasteiger partial charge is 0.459 e. The summed E-state index contributed by atoms with van der Waals surface area (Å²) in [6.45, 7) is 4.32. The summed E-state index contributed by atoms with van der Waals surface area (Å²) in [6.07, 6.45) is 1.56. The highest BCUT2D eigenvalue weighted by Crippen LogP contribution is 2.25. The van der Waals surface area contributed by atoms with Crippen LogP contribution in [0.1, 0.15) is 31.2 Å². The van der Waals surface area contributed by atoms with Gasteiger partial charge in [-0.3, -0.25) is 0 Å². The van der Waals surface area contributed by atoms with Crippen LogP contribution in [0.5, 0.6) is 0 Å². The van der Waals surface area contributed by atoms with Crippen molar-refractivity contribution < 1.29 is 8.83 Å². The predicted octanol–water partition coefficient (Wildman–Crippen LogP) is 3.72. The number of thioether (sulfide) groups is 1. The summed E-state index contributed by atoms with van der Waals surface area (Å²) in [5.74, 6) is 2.31. The van der Waals surface area contributed by atoms with E-state index in [0.717, 1.165) is 5.69 Å². The Morgan fingerprint density at radius 2 is 1.92 bits per heavy atom. The van der Waals surface area contributed by atoms with E-state index in [4.69, 9.17) is 8.83 Å². The molecule has 9 heteroatoms. The van der Waals surface area contributed by atoms with Crippen molar-refractivity contribution in [3.8, 4) is 17.3 Å². The van der Waals surface area contributed by atoms with E-state index in [1.807, 2.05) is 12.1 Å². The lowest BCUT2D eigenvalue weighted by molar-refractivity contribution is 0.494. The molecule has 132 valence electrons. The minimum atomic E-state index is 0.356. The Morgan fingerprint density at radius 1 is 1.08 bits per heavy atom. The fourth-order valence-electron chi connectivity index (χ4n) is 2.37. The van der Waals surface area contributed by atoms with E-state index in [1.165, 1.54) is 17.3 Å². The zero-order valence-corrected chi connectivity index (χ0v) is 15.1. The van der Waals surface area contributed by atoms with Crippen LogP contribution < -0.4 is 0 Å². The van der Waals surface area contributed by atoms with Crippen molar-refractivity contribution in [1.29, 1.82) is 0 Å². The minimum absolute atomic E-state index is 0.356. The zero-order chi connectivity index (χ0) is 17.9. The molecule has 0 saturated carbocycles. The van der Waals surface area contributed by atoms with Crippen LogP contribution in [-0.2, 0) is 5.75 Å². The van der Waals surface area contributed by atoms with Gasteiger partial charge < -0.3 is 8.83 Å². The van der Waals surface area contributed by atoms with Gasteiger partial charge >= 0.3 is 0 Å². The summed E-state index contributed by atoms with van der Waals surface area (Å²) in [5, 5.41) is 20.6. The standard InChI is InChI=1S/C17H16N6O2S/c1-11(2)12-5-7-13(8-6-12)23-17(20-21-22-23)26-10-15-18-19-16(25-15)14-4-3-9-24-14/h3-9,11H,10H2,1-2H3. The molecule has 8 nitrogen and oxygen atoms in total. The van der Waals surface area contributed by atoms with E-state index in [1.54, 1.807) is 23.1 Å². The molecule has 0 amide bonds. The summed E-state index contributed by atoms with van der Waals surface area (Å²) in [7, 11) is 0. The molecule has 4 aromatic rings. The molecule has 3 aromatic heterocycles. The first-order valence-corrected chi connectivity index (χ1v) is 9.07. The van der Waals surface area contributed by atoms with Crippen molar-refractivity contribution >= 4 is 11.8 Å². The van der Waals surface area contributed by atoms with E-state index >= 15 is 0 Å². The summed E-state index contributed by atoms with van der Waals surface area (Å²) in [5.41, 5.74) is 2.18. The van der Waals surface area contributed by atoms with Crippen LogP contribution in [-0.4, -0.2) is 30.4 Å². The van der Waals surface area contributed by atoms with Crippen molar-refractivity contribution in [2.45, 2.75) is 30.7 Å². The Kier molecular flexibility index (Phi) is 4.53. The van der Waals surface area contributed by atoms with Gasteiger partial charge in [-0.15, -0.1) is 15.3 Å². The maximum absolute atomic E-state index is 5.60. The number of furan rings is 1. The van der Waals surface area contributed by atoms with Gasteiger partial charge in [-0.25, -0.2) is 0 Å². The Bertz CT molecular complexity index is 975. The van der Waals surface area contributed by atoms with E-state index < -0.39 is 0 Å². The number of aromatic nitrogens is 6. The third-order valence-corrected chi connectivity index (χ3v) is 4.67. The Morgan fingerprint density at radius 3 is 2.65 bits per heavy atom. The second kappa shape index (κ2) is 7.12. The molecule has 0 unspecified atom stereocenters. The van der Waals surface area contributed by atoms with Crippen molar-refractivity contribution in [3.63, 3.8) is 0 Å². The van der Waals surface area contributed by atoms with Crippen molar-refractivity contribution in [2.75, 3.05) is 0 Å². The highest BCUT2D eigenvalue weighted by molar-refractivity contribution is 7.98. The second-order valence-electron chi connectivity index (χ2n) is 5.89. The molecule has 0 aliphatic heterocycles. The molecule has 0 fully saturated rings. The molecule has 0 atom stereocenters. The molecule has 0 N–H and O–H groups in total. The Hall–Kier alpha value is -2.94. The third-order valence-electron chi connectivity index (χ3n) is 3.77. The molecular formula is C17H16N6O2S.